The number of nitrogens with one attached hydrogen (secondary N) is 1. The van der Waals surface area contributed by atoms with Gasteiger partial charge in [0.05, 0.1) is 12.7 Å². The quantitative estimate of drug-likeness (QED) is 0.578. The van der Waals surface area contributed by atoms with Gasteiger partial charge in [-0.3, -0.25) is 9.48 Å². The van der Waals surface area contributed by atoms with Crippen LogP contribution in [-0.4, -0.2) is 31.7 Å². The fourth-order valence-electron chi connectivity index (χ4n) is 2.63. The third kappa shape index (κ3) is 5.08. The number of alkyl halides is 3. The van der Waals surface area contributed by atoms with E-state index in [9.17, 15) is 18.0 Å². The first-order valence-electron chi connectivity index (χ1n) is 8.48. The van der Waals surface area contributed by atoms with E-state index in [1.807, 2.05) is 13.0 Å². The first-order valence-corrected chi connectivity index (χ1v) is 8.48. The van der Waals surface area contributed by atoms with E-state index < -0.39 is 23.8 Å². The standard InChI is InChI=1S/C18H18F3N7O/c1-10-4-11(12-7-25-28(8-12)9-14(22)16(23)29)6-13(5-10)26-17-24-3-2-15(27-17)18(19,20)21/h2-8,14H,9,22H2,1H3,(H2,23,29)(H,24,26,27)/t14-/m0/s1. The average Bonchev–Trinajstić information content (AvgIpc) is 3.09. The number of primary amides is 1. The predicted octanol–water partition coefficient (Wildman–Crippen LogP) is 2.22. The first kappa shape index (κ1) is 20.3. The van der Waals surface area contributed by atoms with E-state index in [4.69, 9.17) is 11.5 Å². The number of aryl methyl sites for hydroxylation is 1. The summed E-state index contributed by atoms with van der Waals surface area (Å²) in [6.45, 7) is 1.97. The van der Waals surface area contributed by atoms with Gasteiger partial charge in [0.25, 0.3) is 0 Å². The molecule has 1 aromatic carbocycles. The number of amides is 1. The highest BCUT2D eigenvalue weighted by Crippen LogP contribution is 2.29. The van der Waals surface area contributed by atoms with Crippen LogP contribution in [0.15, 0.2) is 42.9 Å². The van der Waals surface area contributed by atoms with E-state index in [1.54, 1.807) is 24.5 Å². The Kier molecular flexibility index (Phi) is 5.50. The van der Waals surface area contributed by atoms with Gasteiger partial charge in [-0.15, -0.1) is 0 Å². The van der Waals surface area contributed by atoms with Gasteiger partial charge in [0.2, 0.25) is 11.9 Å². The molecule has 0 aliphatic heterocycles. The first-order chi connectivity index (χ1) is 13.6. The van der Waals surface area contributed by atoms with Crippen LogP contribution in [-0.2, 0) is 17.5 Å². The molecule has 3 rings (SSSR count). The van der Waals surface area contributed by atoms with Crippen LogP contribution in [0.4, 0.5) is 24.8 Å². The number of benzene rings is 1. The van der Waals surface area contributed by atoms with Gasteiger partial charge in [-0.05, 0) is 36.2 Å². The smallest absolute Gasteiger partial charge is 0.368 e. The average molecular weight is 405 g/mol. The summed E-state index contributed by atoms with van der Waals surface area (Å²) in [4.78, 5) is 18.4. The lowest BCUT2D eigenvalue weighted by Crippen LogP contribution is -2.39. The van der Waals surface area contributed by atoms with Gasteiger partial charge in [-0.25, -0.2) is 9.97 Å². The van der Waals surface area contributed by atoms with Crippen molar-refractivity contribution < 1.29 is 18.0 Å². The Bertz CT molecular complexity index is 1030. The number of aromatic nitrogens is 4. The van der Waals surface area contributed by atoms with Crippen molar-refractivity contribution in [2.24, 2.45) is 11.5 Å². The monoisotopic (exact) mass is 405 g/mol. The Morgan fingerprint density at radius 2 is 2.03 bits per heavy atom. The lowest BCUT2D eigenvalue weighted by Gasteiger charge is -2.10. The highest BCUT2D eigenvalue weighted by atomic mass is 19.4. The minimum absolute atomic E-state index is 0.129. The largest absolute Gasteiger partial charge is 0.433 e. The van der Waals surface area contributed by atoms with Crippen LogP contribution in [0, 0.1) is 6.92 Å². The van der Waals surface area contributed by atoms with Crippen molar-refractivity contribution >= 4 is 17.5 Å². The predicted molar refractivity (Wildman–Crippen MR) is 99.9 cm³/mol. The minimum atomic E-state index is -4.56. The van der Waals surface area contributed by atoms with Gasteiger partial charge in [0, 0.05) is 23.6 Å². The van der Waals surface area contributed by atoms with Crippen LogP contribution in [0.25, 0.3) is 11.1 Å². The summed E-state index contributed by atoms with van der Waals surface area (Å²) in [5, 5.41) is 6.95. The molecule has 0 unspecified atom stereocenters. The molecular formula is C18H18F3N7O. The number of hydrogen-bond acceptors (Lipinski definition) is 6. The molecule has 8 nitrogen and oxygen atoms in total. The van der Waals surface area contributed by atoms with Gasteiger partial charge in [-0.1, -0.05) is 6.07 Å². The number of hydrogen-bond donors (Lipinski definition) is 3. The van der Waals surface area contributed by atoms with Gasteiger partial charge in [-0.2, -0.15) is 18.3 Å². The SMILES string of the molecule is Cc1cc(Nc2nccc(C(F)(F)F)n2)cc(-c2cnn(C[C@H](N)C(N)=O)c2)c1. The Morgan fingerprint density at radius 3 is 2.72 bits per heavy atom. The van der Waals surface area contributed by atoms with Crippen molar-refractivity contribution in [2.45, 2.75) is 25.7 Å². The normalized spacial score (nSPS) is 12.6. The maximum atomic E-state index is 12.8. The molecule has 0 saturated heterocycles. The Hall–Kier alpha value is -3.47. The lowest BCUT2D eigenvalue weighted by molar-refractivity contribution is -0.141. The van der Waals surface area contributed by atoms with Gasteiger partial charge in [0.15, 0.2) is 0 Å². The third-order valence-corrected chi connectivity index (χ3v) is 4.00. The van der Waals surface area contributed by atoms with E-state index in [-0.39, 0.29) is 12.5 Å². The zero-order valence-corrected chi connectivity index (χ0v) is 15.3. The van der Waals surface area contributed by atoms with Crippen molar-refractivity contribution in [3.63, 3.8) is 0 Å². The number of carbonyl (C=O) groups excluding carboxylic acids is 1. The van der Waals surface area contributed by atoms with Gasteiger partial charge in [0.1, 0.15) is 11.7 Å². The molecule has 152 valence electrons. The van der Waals surface area contributed by atoms with Crippen molar-refractivity contribution in [1.82, 2.24) is 19.7 Å². The summed E-state index contributed by atoms with van der Waals surface area (Å²) in [5.74, 6) is -0.801. The molecule has 0 saturated carbocycles. The number of carbonyl (C=O) groups is 1. The second-order valence-corrected chi connectivity index (χ2v) is 6.44. The molecule has 0 spiro atoms. The number of anilines is 2. The molecule has 1 amide bonds. The number of halogens is 3. The molecule has 3 aromatic rings. The van der Waals surface area contributed by atoms with Crippen molar-refractivity contribution in [3.05, 3.63) is 54.1 Å². The molecule has 0 bridgehead atoms. The highest BCUT2D eigenvalue weighted by molar-refractivity contribution is 5.79. The summed E-state index contributed by atoms with van der Waals surface area (Å²) >= 11 is 0. The van der Waals surface area contributed by atoms with Gasteiger partial charge >= 0.3 is 6.18 Å². The molecule has 0 radical (unpaired) electrons. The van der Waals surface area contributed by atoms with Crippen LogP contribution >= 0.6 is 0 Å². The second-order valence-electron chi connectivity index (χ2n) is 6.44. The summed E-state index contributed by atoms with van der Waals surface area (Å²) in [5.41, 5.74) is 12.6. The molecule has 11 heteroatoms. The highest BCUT2D eigenvalue weighted by Gasteiger charge is 2.32. The van der Waals surface area contributed by atoms with Crippen LogP contribution in [0.2, 0.25) is 0 Å². The molecule has 1 atom stereocenters. The van der Waals surface area contributed by atoms with E-state index in [0.29, 0.717) is 5.69 Å². The number of rotatable bonds is 6. The summed E-state index contributed by atoms with van der Waals surface area (Å²) in [7, 11) is 0. The van der Waals surface area contributed by atoms with E-state index >= 15 is 0 Å². The topological polar surface area (TPSA) is 125 Å². The summed E-state index contributed by atoms with van der Waals surface area (Å²) < 4.78 is 40.0. The molecule has 29 heavy (non-hydrogen) atoms. The summed E-state index contributed by atoms with van der Waals surface area (Å²) in [6.07, 6.45) is -0.229. The van der Waals surface area contributed by atoms with Crippen LogP contribution < -0.4 is 16.8 Å². The molecule has 0 fully saturated rings. The molecule has 2 aromatic heterocycles. The van der Waals surface area contributed by atoms with Crippen LogP contribution in [0.5, 0.6) is 0 Å². The maximum Gasteiger partial charge on any atom is 0.433 e. The van der Waals surface area contributed by atoms with Crippen molar-refractivity contribution in [1.29, 1.82) is 0 Å². The Balaban J connectivity index is 1.84. The number of nitrogens with two attached hydrogens (primary N) is 2. The molecule has 0 aliphatic rings. The molecular weight excluding hydrogens is 387 g/mol. The Labute approximate surface area is 163 Å². The molecule has 5 N–H and O–H groups in total. The van der Waals surface area contributed by atoms with Crippen molar-refractivity contribution in [3.8, 4) is 11.1 Å². The zero-order valence-electron chi connectivity index (χ0n) is 15.3. The second kappa shape index (κ2) is 7.87. The lowest BCUT2D eigenvalue weighted by atomic mass is 10.1. The molecule has 2 heterocycles. The third-order valence-electron chi connectivity index (χ3n) is 4.00. The summed E-state index contributed by atoms with van der Waals surface area (Å²) in [6, 6.07) is 5.30. The van der Waals surface area contributed by atoms with Crippen LogP contribution in [0.1, 0.15) is 11.3 Å². The number of nitrogens with zero attached hydrogens (tertiary/aromatic N) is 4. The van der Waals surface area contributed by atoms with E-state index in [2.05, 4.69) is 20.4 Å². The van der Waals surface area contributed by atoms with E-state index in [0.717, 1.165) is 29.0 Å². The van der Waals surface area contributed by atoms with Crippen LogP contribution in [0.3, 0.4) is 0 Å². The fraction of sp³-hybridized carbons (Fsp3) is 0.222. The van der Waals surface area contributed by atoms with Crippen molar-refractivity contribution in [2.75, 3.05) is 5.32 Å². The van der Waals surface area contributed by atoms with E-state index in [1.165, 1.54) is 4.68 Å². The molecule has 0 aliphatic carbocycles. The van der Waals surface area contributed by atoms with Gasteiger partial charge < -0.3 is 16.8 Å². The zero-order chi connectivity index (χ0) is 21.2. The minimum Gasteiger partial charge on any atom is -0.368 e. The fourth-order valence-corrected chi connectivity index (χ4v) is 2.63. The maximum absolute atomic E-state index is 12.8. The Morgan fingerprint density at radius 1 is 1.28 bits per heavy atom.